The molecule has 0 saturated carbocycles. The molecule has 2 N–H and O–H groups in total. The smallest absolute Gasteiger partial charge is 0.271 e. The molecule has 0 spiro atoms. The number of anilines is 1. The van der Waals surface area contributed by atoms with Crippen LogP contribution in [0.5, 0.6) is 5.75 Å². The Hall–Kier alpha value is -2.82. The summed E-state index contributed by atoms with van der Waals surface area (Å²) in [5.41, 5.74) is 5.60. The highest BCUT2D eigenvalue weighted by molar-refractivity contribution is 5.95. The van der Waals surface area contributed by atoms with Gasteiger partial charge in [0.2, 0.25) is 0 Å². The van der Waals surface area contributed by atoms with Crippen LogP contribution in [-0.4, -0.2) is 30.3 Å². The fourth-order valence-corrected chi connectivity index (χ4v) is 2.36. The third kappa shape index (κ3) is 4.35. The minimum atomic E-state index is -0.287. The third-order valence-electron chi connectivity index (χ3n) is 3.83. The first-order chi connectivity index (χ1) is 11.5. The number of aromatic hydroxyl groups is 1. The first-order valence-electron chi connectivity index (χ1n) is 8.03. The Morgan fingerprint density at radius 1 is 1.17 bits per heavy atom. The number of phenols is 1. The van der Waals surface area contributed by atoms with Gasteiger partial charge in [0.25, 0.3) is 5.91 Å². The second-order valence-electron chi connectivity index (χ2n) is 5.48. The summed E-state index contributed by atoms with van der Waals surface area (Å²) in [6.45, 7) is 7.84. The van der Waals surface area contributed by atoms with Gasteiger partial charge in [0.1, 0.15) is 5.75 Å². The molecular weight excluding hydrogens is 302 g/mol. The highest BCUT2D eigenvalue weighted by Gasteiger charge is 2.06. The molecule has 0 aliphatic heterocycles. The van der Waals surface area contributed by atoms with Gasteiger partial charge in [-0.2, -0.15) is 5.10 Å². The molecule has 5 heteroatoms. The standard InChI is InChI=1S/C19H23N3O2/c1-4-22(5-2)17-11-10-16(18(23)12-17)13-20-21-19(24)15-8-6-14(3)7-9-15/h6-13,23H,4-5H2,1-3H3,(H,21,24)/b20-13+. The lowest BCUT2D eigenvalue weighted by Gasteiger charge is -2.21. The first kappa shape index (κ1) is 17.5. The van der Waals surface area contributed by atoms with Crippen LogP contribution in [0.1, 0.15) is 35.3 Å². The number of hydrogen-bond donors (Lipinski definition) is 2. The van der Waals surface area contributed by atoms with Crippen molar-refractivity contribution in [2.75, 3.05) is 18.0 Å². The van der Waals surface area contributed by atoms with Gasteiger partial charge in [-0.05, 0) is 45.0 Å². The predicted molar refractivity (Wildman–Crippen MR) is 97.9 cm³/mol. The summed E-state index contributed by atoms with van der Waals surface area (Å²) in [5, 5.41) is 14.0. The van der Waals surface area contributed by atoms with Gasteiger partial charge in [-0.3, -0.25) is 4.79 Å². The van der Waals surface area contributed by atoms with Crippen molar-refractivity contribution in [3.05, 3.63) is 59.2 Å². The lowest BCUT2D eigenvalue weighted by atomic mass is 10.1. The van der Waals surface area contributed by atoms with Crippen molar-refractivity contribution in [1.29, 1.82) is 0 Å². The van der Waals surface area contributed by atoms with Gasteiger partial charge >= 0.3 is 0 Å². The maximum atomic E-state index is 12.0. The van der Waals surface area contributed by atoms with E-state index >= 15 is 0 Å². The summed E-state index contributed by atoms with van der Waals surface area (Å²) in [7, 11) is 0. The SMILES string of the molecule is CCN(CC)c1ccc(/C=N/NC(=O)c2ccc(C)cc2)c(O)c1. The molecule has 126 valence electrons. The summed E-state index contributed by atoms with van der Waals surface area (Å²) >= 11 is 0. The normalized spacial score (nSPS) is 10.8. The van der Waals surface area contributed by atoms with Gasteiger partial charge in [0.15, 0.2) is 0 Å². The highest BCUT2D eigenvalue weighted by atomic mass is 16.3. The average molecular weight is 325 g/mol. The number of amides is 1. The molecule has 0 fully saturated rings. The molecule has 24 heavy (non-hydrogen) atoms. The van der Waals surface area contributed by atoms with E-state index in [4.69, 9.17) is 0 Å². The van der Waals surface area contributed by atoms with Crippen molar-refractivity contribution < 1.29 is 9.90 Å². The molecule has 0 radical (unpaired) electrons. The molecule has 2 aromatic rings. The number of hydrogen-bond acceptors (Lipinski definition) is 4. The Balaban J connectivity index is 2.03. The predicted octanol–water partition coefficient (Wildman–Crippen LogP) is 3.31. The van der Waals surface area contributed by atoms with Crippen molar-refractivity contribution in [2.45, 2.75) is 20.8 Å². The minimum absolute atomic E-state index is 0.132. The van der Waals surface area contributed by atoms with Gasteiger partial charge in [-0.25, -0.2) is 5.43 Å². The van der Waals surface area contributed by atoms with E-state index in [0.717, 1.165) is 24.3 Å². The third-order valence-corrected chi connectivity index (χ3v) is 3.83. The molecule has 1 amide bonds. The van der Waals surface area contributed by atoms with E-state index < -0.39 is 0 Å². The maximum Gasteiger partial charge on any atom is 0.271 e. The lowest BCUT2D eigenvalue weighted by Crippen LogP contribution is -2.21. The molecule has 2 aromatic carbocycles. The number of carbonyl (C=O) groups excluding carboxylic acids is 1. The summed E-state index contributed by atoms with van der Waals surface area (Å²) < 4.78 is 0. The quantitative estimate of drug-likeness (QED) is 0.632. The zero-order valence-corrected chi connectivity index (χ0v) is 14.3. The van der Waals surface area contributed by atoms with Crippen LogP contribution in [0.15, 0.2) is 47.6 Å². The Labute approximate surface area is 142 Å². The first-order valence-corrected chi connectivity index (χ1v) is 8.03. The van der Waals surface area contributed by atoms with E-state index in [0.29, 0.717) is 11.1 Å². The van der Waals surface area contributed by atoms with Crippen LogP contribution in [0.4, 0.5) is 5.69 Å². The van der Waals surface area contributed by atoms with Crippen LogP contribution in [-0.2, 0) is 0 Å². The largest absolute Gasteiger partial charge is 0.507 e. The number of hydrazone groups is 1. The zero-order chi connectivity index (χ0) is 17.5. The van der Waals surface area contributed by atoms with Crippen LogP contribution in [0, 0.1) is 6.92 Å². The molecule has 0 aliphatic rings. The molecule has 0 unspecified atom stereocenters. The van der Waals surface area contributed by atoms with Crippen molar-refractivity contribution in [2.24, 2.45) is 5.10 Å². The molecule has 0 aliphatic carbocycles. The Kier molecular flexibility index (Phi) is 5.95. The maximum absolute atomic E-state index is 12.0. The molecule has 5 nitrogen and oxygen atoms in total. The van der Waals surface area contributed by atoms with Crippen molar-refractivity contribution >= 4 is 17.8 Å². The number of rotatable bonds is 6. The summed E-state index contributed by atoms with van der Waals surface area (Å²) in [6, 6.07) is 12.6. The van der Waals surface area contributed by atoms with Crippen LogP contribution in [0.25, 0.3) is 0 Å². The molecule has 0 aromatic heterocycles. The molecule has 2 rings (SSSR count). The fraction of sp³-hybridized carbons (Fsp3) is 0.263. The molecule has 0 bridgehead atoms. The minimum Gasteiger partial charge on any atom is -0.507 e. The van der Waals surface area contributed by atoms with E-state index in [1.165, 1.54) is 6.21 Å². The van der Waals surface area contributed by atoms with Crippen molar-refractivity contribution in [3.8, 4) is 5.75 Å². The number of aryl methyl sites for hydroxylation is 1. The second kappa shape index (κ2) is 8.15. The Morgan fingerprint density at radius 2 is 1.83 bits per heavy atom. The van der Waals surface area contributed by atoms with Crippen LogP contribution < -0.4 is 10.3 Å². The monoisotopic (exact) mass is 325 g/mol. The number of phenolic OH excluding ortho intramolecular Hbond substituents is 1. The topological polar surface area (TPSA) is 64.9 Å². The van der Waals surface area contributed by atoms with E-state index in [1.54, 1.807) is 24.3 Å². The average Bonchev–Trinajstić information content (AvgIpc) is 2.58. The van der Waals surface area contributed by atoms with Gasteiger partial charge < -0.3 is 10.0 Å². The van der Waals surface area contributed by atoms with Crippen LogP contribution in [0.3, 0.4) is 0 Å². The van der Waals surface area contributed by atoms with Gasteiger partial charge in [0.05, 0.1) is 6.21 Å². The molecule has 0 saturated heterocycles. The van der Waals surface area contributed by atoms with Gasteiger partial charge in [-0.15, -0.1) is 0 Å². The summed E-state index contributed by atoms with van der Waals surface area (Å²) in [5.74, 6) is -0.154. The van der Waals surface area contributed by atoms with Crippen LogP contribution >= 0.6 is 0 Å². The Morgan fingerprint density at radius 3 is 2.42 bits per heavy atom. The number of carbonyl (C=O) groups is 1. The molecule has 0 atom stereocenters. The molecular formula is C19H23N3O2. The molecule has 0 heterocycles. The van der Waals surface area contributed by atoms with E-state index in [-0.39, 0.29) is 11.7 Å². The highest BCUT2D eigenvalue weighted by Crippen LogP contribution is 2.23. The summed E-state index contributed by atoms with van der Waals surface area (Å²) in [6.07, 6.45) is 1.44. The summed E-state index contributed by atoms with van der Waals surface area (Å²) in [4.78, 5) is 14.1. The second-order valence-corrected chi connectivity index (χ2v) is 5.48. The van der Waals surface area contributed by atoms with E-state index in [2.05, 4.69) is 29.3 Å². The van der Waals surface area contributed by atoms with Crippen molar-refractivity contribution in [3.63, 3.8) is 0 Å². The van der Waals surface area contributed by atoms with E-state index in [9.17, 15) is 9.90 Å². The number of nitrogens with zero attached hydrogens (tertiary/aromatic N) is 2. The fourth-order valence-electron chi connectivity index (χ4n) is 2.36. The lowest BCUT2D eigenvalue weighted by molar-refractivity contribution is 0.0955. The number of nitrogens with one attached hydrogen (secondary N) is 1. The van der Waals surface area contributed by atoms with Gasteiger partial charge in [-0.1, -0.05) is 17.7 Å². The van der Waals surface area contributed by atoms with E-state index in [1.807, 2.05) is 25.1 Å². The van der Waals surface area contributed by atoms with Crippen molar-refractivity contribution in [1.82, 2.24) is 5.43 Å². The number of benzene rings is 2. The van der Waals surface area contributed by atoms with Gasteiger partial charge in [0, 0.05) is 36.0 Å². The van der Waals surface area contributed by atoms with Crippen LogP contribution in [0.2, 0.25) is 0 Å². The Bertz CT molecular complexity index is 720. The zero-order valence-electron chi connectivity index (χ0n) is 14.3.